The van der Waals surface area contributed by atoms with Crippen LogP contribution in [0.25, 0.3) is 0 Å². The molecule has 1 heterocycles. The zero-order chi connectivity index (χ0) is 14.7. The van der Waals surface area contributed by atoms with Crippen LogP contribution in [0.3, 0.4) is 0 Å². The minimum absolute atomic E-state index is 0.143. The van der Waals surface area contributed by atoms with Crippen molar-refractivity contribution in [2.75, 3.05) is 6.54 Å². The summed E-state index contributed by atoms with van der Waals surface area (Å²) in [7, 11) is 0. The Morgan fingerprint density at radius 2 is 2.24 bits per heavy atom. The number of aromatic nitrogens is 1. The van der Waals surface area contributed by atoms with Crippen molar-refractivity contribution < 1.29 is 4.39 Å². The molecular weight excluding hydrogens is 283 g/mol. The van der Waals surface area contributed by atoms with E-state index in [1.165, 1.54) is 23.8 Å². The Morgan fingerprint density at radius 1 is 1.38 bits per heavy atom. The highest BCUT2D eigenvalue weighted by Gasteiger charge is 2.22. The van der Waals surface area contributed by atoms with E-state index >= 15 is 0 Å². The molecule has 1 aliphatic carbocycles. The van der Waals surface area contributed by atoms with Crippen LogP contribution < -0.4 is 5.32 Å². The highest BCUT2D eigenvalue weighted by Crippen LogP contribution is 2.22. The van der Waals surface area contributed by atoms with Gasteiger partial charge in [0.1, 0.15) is 5.82 Å². The number of nitrogens with one attached hydrogen (secondary N) is 1. The van der Waals surface area contributed by atoms with Gasteiger partial charge in [0.25, 0.3) is 0 Å². The zero-order valence-electron chi connectivity index (χ0n) is 12.3. The van der Waals surface area contributed by atoms with Gasteiger partial charge in [0.15, 0.2) is 0 Å². The second-order valence-electron chi connectivity index (χ2n) is 5.93. The van der Waals surface area contributed by atoms with E-state index in [1.54, 1.807) is 23.5 Å². The van der Waals surface area contributed by atoms with Crippen molar-refractivity contribution in [3.05, 3.63) is 51.7 Å². The molecule has 0 bridgehead atoms. The lowest BCUT2D eigenvalue weighted by Crippen LogP contribution is -2.27. The number of aryl methyl sites for hydroxylation is 1. The quantitative estimate of drug-likeness (QED) is 0.843. The van der Waals surface area contributed by atoms with E-state index in [4.69, 9.17) is 0 Å². The predicted octanol–water partition coefficient (Wildman–Crippen LogP) is 3.74. The van der Waals surface area contributed by atoms with Crippen molar-refractivity contribution in [1.82, 2.24) is 10.3 Å². The van der Waals surface area contributed by atoms with Crippen LogP contribution in [-0.2, 0) is 12.8 Å². The number of hydrogen-bond acceptors (Lipinski definition) is 3. The fourth-order valence-electron chi connectivity index (χ4n) is 2.62. The predicted molar refractivity (Wildman–Crippen MR) is 85.2 cm³/mol. The monoisotopic (exact) mass is 304 g/mol. The normalized spacial score (nSPS) is 16.1. The van der Waals surface area contributed by atoms with Gasteiger partial charge in [0, 0.05) is 17.1 Å². The maximum Gasteiger partial charge on any atom is 0.123 e. The second-order valence-corrected chi connectivity index (χ2v) is 7.25. The first-order chi connectivity index (χ1) is 10.2. The van der Waals surface area contributed by atoms with Crippen LogP contribution in [0.5, 0.6) is 0 Å². The van der Waals surface area contributed by atoms with Crippen LogP contribution in [0.1, 0.15) is 28.3 Å². The van der Waals surface area contributed by atoms with E-state index in [2.05, 4.69) is 10.3 Å². The SMILES string of the molecule is Cc1ncc(CC(CNC2CC2)Cc2cccc(F)c2)s1. The Labute approximate surface area is 129 Å². The Bertz CT molecular complexity index is 592. The Kier molecular flexibility index (Phi) is 4.66. The Balaban J connectivity index is 1.65. The van der Waals surface area contributed by atoms with Crippen LogP contribution >= 0.6 is 11.3 Å². The molecule has 1 aliphatic rings. The second kappa shape index (κ2) is 6.67. The van der Waals surface area contributed by atoms with E-state index in [1.807, 2.05) is 19.2 Å². The summed E-state index contributed by atoms with van der Waals surface area (Å²) in [6.45, 7) is 3.04. The molecule has 0 radical (unpaired) electrons. The Hall–Kier alpha value is -1.26. The van der Waals surface area contributed by atoms with Crippen molar-refractivity contribution in [2.45, 2.75) is 38.6 Å². The van der Waals surface area contributed by atoms with E-state index in [0.717, 1.165) is 30.0 Å². The van der Waals surface area contributed by atoms with Crippen LogP contribution in [0, 0.1) is 18.7 Å². The fraction of sp³-hybridized carbons (Fsp3) is 0.471. The molecule has 0 amide bonds. The third-order valence-corrected chi connectivity index (χ3v) is 4.78. The van der Waals surface area contributed by atoms with Gasteiger partial charge in [-0.15, -0.1) is 11.3 Å². The fourth-order valence-corrected chi connectivity index (χ4v) is 3.53. The molecule has 112 valence electrons. The average molecular weight is 304 g/mol. The van der Waals surface area contributed by atoms with Crippen molar-refractivity contribution >= 4 is 11.3 Å². The molecule has 1 fully saturated rings. The molecule has 1 aromatic heterocycles. The van der Waals surface area contributed by atoms with Gasteiger partial charge in [-0.25, -0.2) is 9.37 Å². The number of rotatable bonds is 7. The van der Waals surface area contributed by atoms with Gasteiger partial charge in [-0.3, -0.25) is 0 Å². The summed E-state index contributed by atoms with van der Waals surface area (Å²) in [5.41, 5.74) is 1.08. The molecule has 0 spiro atoms. The molecule has 1 aromatic carbocycles. The van der Waals surface area contributed by atoms with Gasteiger partial charge in [-0.05, 0) is 62.8 Å². The average Bonchev–Trinajstić information content (AvgIpc) is 3.19. The maximum atomic E-state index is 13.3. The largest absolute Gasteiger partial charge is 0.314 e. The third kappa shape index (κ3) is 4.61. The molecule has 1 saturated carbocycles. The van der Waals surface area contributed by atoms with E-state index < -0.39 is 0 Å². The minimum Gasteiger partial charge on any atom is -0.314 e. The lowest BCUT2D eigenvalue weighted by atomic mass is 9.95. The summed E-state index contributed by atoms with van der Waals surface area (Å²) in [4.78, 5) is 5.66. The molecule has 1 N–H and O–H groups in total. The first-order valence-electron chi connectivity index (χ1n) is 7.58. The van der Waals surface area contributed by atoms with Gasteiger partial charge in [0.2, 0.25) is 0 Å². The summed E-state index contributed by atoms with van der Waals surface area (Å²) in [5.74, 6) is 0.349. The molecule has 0 aliphatic heterocycles. The molecule has 2 nitrogen and oxygen atoms in total. The lowest BCUT2D eigenvalue weighted by Gasteiger charge is -2.17. The van der Waals surface area contributed by atoms with Crippen molar-refractivity contribution in [2.24, 2.45) is 5.92 Å². The minimum atomic E-state index is -0.143. The van der Waals surface area contributed by atoms with Gasteiger partial charge < -0.3 is 5.32 Å². The first kappa shape index (κ1) is 14.7. The number of nitrogens with zero attached hydrogens (tertiary/aromatic N) is 1. The highest BCUT2D eigenvalue weighted by molar-refractivity contribution is 7.11. The molecule has 1 atom stereocenters. The lowest BCUT2D eigenvalue weighted by molar-refractivity contribution is 0.470. The van der Waals surface area contributed by atoms with Crippen LogP contribution in [0.4, 0.5) is 4.39 Å². The standard InChI is InChI=1S/C17H21FN2S/c1-12-19-11-17(21-12)9-14(10-20-16-5-6-16)7-13-3-2-4-15(18)8-13/h2-4,8,11,14,16,20H,5-7,9-10H2,1H3. The topological polar surface area (TPSA) is 24.9 Å². The van der Waals surface area contributed by atoms with Gasteiger partial charge >= 0.3 is 0 Å². The van der Waals surface area contributed by atoms with E-state index in [-0.39, 0.29) is 5.82 Å². The van der Waals surface area contributed by atoms with Crippen molar-refractivity contribution in [3.63, 3.8) is 0 Å². The number of halogens is 1. The summed E-state index contributed by atoms with van der Waals surface area (Å²) in [6, 6.07) is 7.69. The van der Waals surface area contributed by atoms with Crippen LogP contribution in [0.2, 0.25) is 0 Å². The Morgan fingerprint density at radius 3 is 2.90 bits per heavy atom. The smallest absolute Gasteiger partial charge is 0.123 e. The van der Waals surface area contributed by atoms with E-state index in [9.17, 15) is 4.39 Å². The molecule has 3 rings (SSSR count). The summed E-state index contributed by atoms with van der Waals surface area (Å²) in [5, 5.41) is 4.72. The van der Waals surface area contributed by atoms with Gasteiger partial charge in [-0.2, -0.15) is 0 Å². The highest BCUT2D eigenvalue weighted by atomic mass is 32.1. The zero-order valence-corrected chi connectivity index (χ0v) is 13.1. The molecule has 0 saturated heterocycles. The molecule has 21 heavy (non-hydrogen) atoms. The number of hydrogen-bond donors (Lipinski definition) is 1. The van der Waals surface area contributed by atoms with Crippen LogP contribution in [-0.4, -0.2) is 17.6 Å². The van der Waals surface area contributed by atoms with E-state index in [0.29, 0.717) is 12.0 Å². The maximum absolute atomic E-state index is 13.3. The molecule has 2 aromatic rings. The molecule has 1 unspecified atom stereocenters. The van der Waals surface area contributed by atoms with Gasteiger partial charge in [0.05, 0.1) is 5.01 Å². The summed E-state index contributed by atoms with van der Waals surface area (Å²) < 4.78 is 13.3. The van der Waals surface area contributed by atoms with Crippen molar-refractivity contribution in [3.8, 4) is 0 Å². The number of benzene rings is 1. The summed E-state index contributed by atoms with van der Waals surface area (Å²) >= 11 is 1.77. The van der Waals surface area contributed by atoms with Gasteiger partial charge in [-0.1, -0.05) is 12.1 Å². The number of thiazole rings is 1. The van der Waals surface area contributed by atoms with Crippen molar-refractivity contribution in [1.29, 1.82) is 0 Å². The molecule has 4 heteroatoms. The first-order valence-corrected chi connectivity index (χ1v) is 8.40. The molecular formula is C17H21FN2S. The summed E-state index contributed by atoms with van der Waals surface area (Å²) in [6.07, 6.45) is 6.50. The third-order valence-electron chi connectivity index (χ3n) is 3.84. The van der Waals surface area contributed by atoms with Crippen LogP contribution in [0.15, 0.2) is 30.5 Å².